The van der Waals surface area contributed by atoms with Crippen molar-refractivity contribution in [2.45, 2.75) is 71.4 Å². The van der Waals surface area contributed by atoms with Gasteiger partial charge in [-0.15, -0.1) is 0 Å². The van der Waals surface area contributed by atoms with Crippen molar-refractivity contribution in [3.8, 4) is 17.6 Å². The summed E-state index contributed by atoms with van der Waals surface area (Å²) in [4.78, 5) is 28.5. The predicted octanol–water partition coefficient (Wildman–Crippen LogP) is 4.03. The molecule has 4 heterocycles. The number of nitriles is 1. The van der Waals surface area contributed by atoms with Gasteiger partial charge in [-0.1, -0.05) is 0 Å². The smallest absolute Gasteiger partial charge is 0.279 e. The van der Waals surface area contributed by atoms with Gasteiger partial charge in [-0.25, -0.2) is 14.4 Å². The number of carbonyl (C=O) groups excluding carboxylic acids is 1. The summed E-state index contributed by atoms with van der Waals surface area (Å²) in [6, 6.07) is 6.06. The fraction of sp³-hybridized carbons (Fsp3) is 0.647. The number of nitrogens with zero attached hydrogens (tertiary/aromatic N) is 7. The average molecular weight is 683 g/mol. The van der Waals surface area contributed by atoms with E-state index < -0.39 is 16.0 Å². The molecule has 48 heavy (non-hydrogen) atoms. The largest absolute Gasteiger partial charge is 0.451 e. The second-order valence-corrected chi connectivity index (χ2v) is 16.0. The first-order valence-corrected chi connectivity index (χ1v) is 18.7. The topological polar surface area (TPSA) is 135 Å². The van der Waals surface area contributed by atoms with E-state index in [1.165, 1.54) is 28.8 Å². The Balaban J connectivity index is 0.989. The minimum absolute atomic E-state index is 0.0326. The van der Waals surface area contributed by atoms with E-state index in [9.17, 15) is 17.6 Å². The molecule has 1 spiro atoms. The quantitative estimate of drug-likeness (QED) is 0.373. The number of benzene rings is 1. The molecule has 0 bridgehead atoms. The minimum atomic E-state index is -3.50. The number of likely N-dealkylation sites (tertiary alicyclic amines) is 1. The average Bonchev–Trinajstić information content (AvgIpc) is 3.02. The number of piperidine rings is 1. The summed E-state index contributed by atoms with van der Waals surface area (Å²) in [5.41, 5.74) is 0.385. The van der Waals surface area contributed by atoms with E-state index in [0.717, 1.165) is 71.2 Å². The molecule has 1 aliphatic carbocycles. The molecule has 1 aromatic carbocycles. The standard InChI is InChI=1S/C34H47FN8O4S/c1-4-43(24(2)3)33(44)29-15-27(35)7-10-30(29)47-31-17-37-23-38-32(31)41-21-34(22-41)11-13-40(14-12-34)18-25-5-8-28(9-6-25)39-48(45,46)42-19-26(16-36)20-42/h7,10,15,17,23-26,28,39H,4-6,8-9,11-14,18-22H2,1-3H3/t25-,28-. The Labute approximate surface area is 283 Å². The predicted molar refractivity (Wildman–Crippen MR) is 179 cm³/mol. The van der Waals surface area contributed by atoms with Gasteiger partial charge in [0.15, 0.2) is 11.6 Å². The third kappa shape index (κ3) is 7.44. The normalized spacial score (nSPS) is 23.4. The summed E-state index contributed by atoms with van der Waals surface area (Å²) in [7, 11) is -3.50. The Morgan fingerprint density at radius 3 is 2.52 bits per heavy atom. The van der Waals surface area contributed by atoms with Crippen LogP contribution in [0, 0.1) is 34.4 Å². The lowest BCUT2D eigenvalue weighted by atomic mass is 9.71. The Bertz CT molecular complexity index is 1600. The fourth-order valence-corrected chi connectivity index (χ4v) is 9.22. The molecule has 4 fully saturated rings. The van der Waals surface area contributed by atoms with Crippen LogP contribution in [0.25, 0.3) is 0 Å². The van der Waals surface area contributed by atoms with Crippen molar-refractivity contribution >= 4 is 21.9 Å². The molecule has 260 valence electrons. The number of rotatable bonds is 11. The lowest BCUT2D eigenvalue weighted by Crippen LogP contribution is -2.61. The first kappa shape index (κ1) is 34.5. The zero-order valence-electron chi connectivity index (χ0n) is 28.1. The molecule has 14 heteroatoms. The van der Waals surface area contributed by atoms with Gasteiger partial charge in [-0.05, 0) is 96.5 Å². The van der Waals surface area contributed by atoms with Gasteiger partial charge in [0.1, 0.15) is 17.9 Å². The molecule has 3 saturated heterocycles. The van der Waals surface area contributed by atoms with Crippen LogP contribution in [0.4, 0.5) is 10.2 Å². The highest BCUT2D eigenvalue weighted by molar-refractivity contribution is 7.87. The number of amides is 1. The van der Waals surface area contributed by atoms with Crippen molar-refractivity contribution in [2.24, 2.45) is 17.3 Å². The number of halogens is 1. The van der Waals surface area contributed by atoms with Gasteiger partial charge >= 0.3 is 0 Å². The second kappa shape index (κ2) is 14.2. The molecule has 1 aromatic heterocycles. The summed E-state index contributed by atoms with van der Waals surface area (Å²) >= 11 is 0. The molecule has 4 aliphatic rings. The van der Waals surface area contributed by atoms with Crippen molar-refractivity contribution in [1.29, 1.82) is 5.26 Å². The fourth-order valence-electron chi connectivity index (χ4n) is 7.66. The van der Waals surface area contributed by atoms with Crippen molar-refractivity contribution in [3.05, 3.63) is 42.1 Å². The lowest BCUT2D eigenvalue weighted by Gasteiger charge is -2.54. The van der Waals surface area contributed by atoms with Gasteiger partial charge in [0.05, 0.1) is 23.7 Å². The summed E-state index contributed by atoms with van der Waals surface area (Å²) < 4.78 is 50.0. The van der Waals surface area contributed by atoms with Crippen LogP contribution in [0.15, 0.2) is 30.7 Å². The number of hydrogen-bond donors (Lipinski definition) is 1. The Kier molecular flexibility index (Phi) is 10.2. The van der Waals surface area contributed by atoms with Gasteiger partial charge in [-0.2, -0.15) is 22.7 Å². The van der Waals surface area contributed by atoms with Gasteiger partial charge in [0.2, 0.25) is 0 Å². The maximum Gasteiger partial charge on any atom is 0.279 e. The van der Waals surface area contributed by atoms with Crippen LogP contribution in [0.5, 0.6) is 11.5 Å². The molecule has 3 aliphatic heterocycles. The highest BCUT2D eigenvalue weighted by Gasteiger charge is 2.46. The van der Waals surface area contributed by atoms with Gasteiger partial charge in [0, 0.05) is 56.8 Å². The van der Waals surface area contributed by atoms with Crippen molar-refractivity contribution in [3.63, 3.8) is 0 Å². The van der Waals surface area contributed by atoms with Gasteiger partial charge < -0.3 is 19.4 Å². The molecule has 2 aromatic rings. The highest BCUT2D eigenvalue weighted by atomic mass is 32.2. The summed E-state index contributed by atoms with van der Waals surface area (Å²) in [5.74, 6) is 0.972. The summed E-state index contributed by atoms with van der Waals surface area (Å²) in [6.45, 7) is 11.7. The van der Waals surface area contributed by atoms with Crippen LogP contribution in [-0.4, -0.2) is 103 Å². The van der Waals surface area contributed by atoms with Crippen LogP contribution in [0.2, 0.25) is 0 Å². The molecule has 1 saturated carbocycles. The molecule has 0 atom stereocenters. The van der Waals surface area contributed by atoms with Crippen LogP contribution in [0.1, 0.15) is 69.7 Å². The van der Waals surface area contributed by atoms with Crippen molar-refractivity contribution in [2.75, 3.05) is 57.3 Å². The molecule has 6 rings (SSSR count). The van der Waals surface area contributed by atoms with E-state index in [4.69, 9.17) is 10.00 Å². The SMILES string of the molecule is CCN(C(=O)c1cc(F)ccc1Oc1cncnc1N1CC2(CCN(C[C@H]3CC[C@H](NS(=O)(=O)N4CC(C#N)C4)CC3)CC2)C1)C(C)C. The summed E-state index contributed by atoms with van der Waals surface area (Å²) in [6.07, 6.45) is 9.00. The van der Waals surface area contributed by atoms with E-state index in [-0.39, 0.29) is 40.6 Å². The first-order valence-electron chi connectivity index (χ1n) is 17.2. The highest BCUT2D eigenvalue weighted by Crippen LogP contribution is 2.45. The molecular weight excluding hydrogens is 635 g/mol. The van der Waals surface area contributed by atoms with Gasteiger partial charge in [-0.3, -0.25) is 4.79 Å². The molecule has 12 nitrogen and oxygen atoms in total. The molecule has 0 radical (unpaired) electrons. The maximum atomic E-state index is 14.3. The first-order chi connectivity index (χ1) is 23.0. The van der Waals surface area contributed by atoms with Crippen LogP contribution >= 0.6 is 0 Å². The second-order valence-electron chi connectivity index (χ2n) is 14.3. The lowest BCUT2D eigenvalue weighted by molar-refractivity contribution is 0.0617. The molecule has 1 amide bonds. The Morgan fingerprint density at radius 1 is 1.17 bits per heavy atom. The van der Waals surface area contributed by atoms with Crippen LogP contribution in [-0.2, 0) is 10.2 Å². The number of hydrogen-bond acceptors (Lipinski definition) is 9. The van der Waals surface area contributed by atoms with Crippen molar-refractivity contribution in [1.82, 2.24) is 28.8 Å². The van der Waals surface area contributed by atoms with Crippen LogP contribution in [0.3, 0.4) is 0 Å². The van der Waals surface area contributed by atoms with E-state index in [1.54, 1.807) is 11.1 Å². The van der Waals surface area contributed by atoms with Gasteiger partial charge in [0.25, 0.3) is 16.1 Å². The van der Waals surface area contributed by atoms with E-state index in [1.807, 2.05) is 20.8 Å². The monoisotopic (exact) mass is 682 g/mol. The third-order valence-electron chi connectivity index (χ3n) is 10.6. The Hall–Kier alpha value is -3.38. The molecule has 0 unspecified atom stereocenters. The maximum absolute atomic E-state index is 14.3. The minimum Gasteiger partial charge on any atom is -0.451 e. The third-order valence-corrected chi connectivity index (χ3v) is 12.2. The van der Waals surface area contributed by atoms with E-state index in [0.29, 0.717) is 37.1 Å². The van der Waals surface area contributed by atoms with Crippen LogP contribution < -0.4 is 14.4 Å². The van der Waals surface area contributed by atoms with E-state index >= 15 is 0 Å². The summed E-state index contributed by atoms with van der Waals surface area (Å²) in [5, 5.41) is 8.95. The van der Waals surface area contributed by atoms with E-state index in [2.05, 4.69) is 30.6 Å². The molecule has 1 N–H and O–H groups in total. The Morgan fingerprint density at radius 2 is 1.88 bits per heavy atom. The zero-order valence-corrected chi connectivity index (χ0v) is 29.0. The number of carbonyl (C=O) groups is 1. The number of ether oxygens (including phenoxy) is 1. The number of nitrogens with one attached hydrogen (secondary N) is 1. The molecular formula is C34H47FN8O4S. The number of anilines is 1. The van der Waals surface area contributed by atoms with Crippen molar-refractivity contribution < 1.29 is 22.3 Å². The number of aromatic nitrogens is 2. The zero-order chi connectivity index (χ0) is 34.1.